The van der Waals surface area contributed by atoms with Gasteiger partial charge in [0.15, 0.2) is 0 Å². The van der Waals surface area contributed by atoms with E-state index in [1.807, 2.05) is 0 Å². The molecule has 0 aromatic heterocycles. The molecule has 0 nitrogen and oxygen atoms in total. The standard InChI is InChI=1S/C13H15/c1-4-6-12-7-9-13(10-8-12)11(3)5-2/h7-11H,5-6H2,2-3H3. The molecule has 0 aliphatic carbocycles. The predicted octanol–water partition coefficient (Wildman–Crippen LogP) is 3.33. The second-order valence-electron chi connectivity index (χ2n) is 3.40. The smallest absolute Gasteiger partial charge is 0.0350 e. The Kier molecular flexibility index (Phi) is 3.58. The van der Waals surface area contributed by atoms with Crippen LogP contribution in [0.5, 0.6) is 0 Å². The van der Waals surface area contributed by atoms with Crippen molar-refractivity contribution in [1.82, 2.24) is 0 Å². The number of rotatable bonds is 3. The average molecular weight is 171 g/mol. The van der Waals surface area contributed by atoms with Gasteiger partial charge in [-0.3, -0.25) is 0 Å². The van der Waals surface area contributed by atoms with E-state index in [2.05, 4.69) is 44.0 Å². The molecule has 1 aromatic rings. The van der Waals surface area contributed by atoms with Crippen LogP contribution >= 0.6 is 0 Å². The summed E-state index contributed by atoms with van der Waals surface area (Å²) in [5, 5.41) is 0. The fraction of sp³-hybridized carbons (Fsp3) is 0.385. The molecule has 1 aromatic carbocycles. The molecule has 0 heteroatoms. The highest BCUT2D eigenvalue weighted by Gasteiger charge is 2.01. The molecule has 0 amide bonds. The van der Waals surface area contributed by atoms with Crippen LogP contribution in [0.15, 0.2) is 24.3 Å². The van der Waals surface area contributed by atoms with Gasteiger partial charge in [0.25, 0.3) is 0 Å². The Morgan fingerprint density at radius 1 is 1.31 bits per heavy atom. The van der Waals surface area contributed by atoms with Gasteiger partial charge in [0.2, 0.25) is 0 Å². The van der Waals surface area contributed by atoms with Gasteiger partial charge >= 0.3 is 0 Å². The van der Waals surface area contributed by atoms with Crippen LogP contribution in [0.3, 0.4) is 0 Å². The van der Waals surface area contributed by atoms with Crippen molar-refractivity contribution in [1.29, 1.82) is 0 Å². The largest absolute Gasteiger partial charge is 0.0843 e. The van der Waals surface area contributed by atoms with Gasteiger partial charge < -0.3 is 0 Å². The summed E-state index contributed by atoms with van der Waals surface area (Å²) in [6, 6.07) is 8.48. The molecule has 1 atom stereocenters. The molecule has 1 unspecified atom stereocenters. The normalized spacial score (nSPS) is 12.1. The van der Waals surface area contributed by atoms with Gasteiger partial charge in [-0.1, -0.05) is 44.0 Å². The van der Waals surface area contributed by atoms with Crippen molar-refractivity contribution in [3.8, 4) is 5.92 Å². The Labute approximate surface area is 81.0 Å². The fourth-order valence-electron chi connectivity index (χ4n) is 1.30. The zero-order chi connectivity index (χ0) is 9.68. The van der Waals surface area contributed by atoms with E-state index < -0.39 is 0 Å². The lowest BCUT2D eigenvalue weighted by Gasteiger charge is -2.08. The van der Waals surface area contributed by atoms with Crippen molar-refractivity contribution in [2.75, 3.05) is 0 Å². The number of benzene rings is 1. The Morgan fingerprint density at radius 2 is 1.92 bits per heavy atom. The molecule has 0 heterocycles. The summed E-state index contributed by atoms with van der Waals surface area (Å²) in [7, 11) is 0. The van der Waals surface area contributed by atoms with Crippen LogP contribution in [0.25, 0.3) is 0 Å². The highest BCUT2D eigenvalue weighted by atomic mass is 14.1. The van der Waals surface area contributed by atoms with E-state index in [0.717, 1.165) is 0 Å². The first kappa shape index (κ1) is 9.86. The quantitative estimate of drug-likeness (QED) is 0.612. The predicted molar refractivity (Wildman–Crippen MR) is 56.0 cm³/mol. The molecule has 67 valence electrons. The molecule has 1 radical (unpaired) electrons. The zero-order valence-corrected chi connectivity index (χ0v) is 8.30. The monoisotopic (exact) mass is 171 g/mol. The first-order chi connectivity index (χ1) is 6.27. The maximum atomic E-state index is 6.86. The van der Waals surface area contributed by atoms with Gasteiger partial charge in [-0.15, -0.1) is 0 Å². The molecular weight excluding hydrogens is 156 g/mol. The minimum absolute atomic E-state index is 0.626. The van der Waals surface area contributed by atoms with Crippen molar-refractivity contribution < 1.29 is 0 Å². The maximum Gasteiger partial charge on any atom is 0.0350 e. The Balaban J connectivity index is 2.76. The fourth-order valence-corrected chi connectivity index (χ4v) is 1.30. The number of hydrogen-bond donors (Lipinski definition) is 0. The molecular formula is C13H15. The van der Waals surface area contributed by atoms with Gasteiger partial charge in [0.05, 0.1) is 0 Å². The van der Waals surface area contributed by atoms with Crippen molar-refractivity contribution in [2.45, 2.75) is 32.6 Å². The summed E-state index contributed by atoms with van der Waals surface area (Å²) in [6.45, 7) is 4.43. The van der Waals surface area contributed by atoms with Gasteiger partial charge in [-0.2, -0.15) is 0 Å². The van der Waals surface area contributed by atoms with Crippen LogP contribution in [0.4, 0.5) is 0 Å². The van der Waals surface area contributed by atoms with Crippen LogP contribution in [-0.4, -0.2) is 0 Å². The van der Waals surface area contributed by atoms with Crippen molar-refractivity contribution in [2.24, 2.45) is 0 Å². The van der Waals surface area contributed by atoms with Gasteiger partial charge in [0, 0.05) is 6.42 Å². The van der Waals surface area contributed by atoms with Crippen molar-refractivity contribution in [3.05, 3.63) is 41.8 Å². The lowest BCUT2D eigenvalue weighted by atomic mass is 9.97. The third kappa shape index (κ3) is 2.63. The minimum atomic E-state index is 0.626. The summed E-state index contributed by atoms with van der Waals surface area (Å²) >= 11 is 0. The van der Waals surface area contributed by atoms with Gasteiger partial charge in [-0.05, 0) is 29.9 Å². The van der Waals surface area contributed by atoms with E-state index in [1.165, 1.54) is 17.5 Å². The summed E-state index contributed by atoms with van der Waals surface area (Å²) < 4.78 is 0. The van der Waals surface area contributed by atoms with E-state index in [0.29, 0.717) is 12.3 Å². The molecule has 0 aliphatic rings. The van der Waals surface area contributed by atoms with Crippen molar-refractivity contribution in [3.63, 3.8) is 0 Å². The first-order valence-corrected chi connectivity index (χ1v) is 4.76. The molecule has 0 saturated carbocycles. The molecule has 0 saturated heterocycles. The second kappa shape index (κ2) is 4.72. The highest BCUT2D eigenvalue weighted by molar-refractivity contribution is 5.26. The van der Waals surface area contributed by atoms with E-state index in [4.69, 9.17) is 6.42 Å². The van der Waals surface area contributed by atoms with Crippen LogP contribution in [0.2, 0.25) is 0 Å². The van der Waals surface area contributed by atoms with Crippen LogP contribution in [-0.2, 0) is 6.42 Å². The van der Waals surface area contributed by atoms with Crippen LogP contribution in [0.1, 0.15) is 37.3 Å². The van der Waals surface area contributed by atoms with E-state index in [-0.39, 0.29) is 0 Å². The van der Waals surface area contributed by atoms with Crippen molar-refractivity contribution >= 4 is 0 Å². The summed E-state index contributed by atoms with van der Waals surface area (Å²) in [5.74, 6) is 3.03. The Morgan fingerprint density at radius 3 is 2.38 bits per heavy atom. The van der Waals surface area contributed by atoms with E-state index >= 15 is 0 Å². The molecule has 0 aliphatic heterocycles. The molecule has 0 spiro atoms. The van der Waals surface area contributed by atoms with Crippen LogP contribution in [0, 0.1) is 12.3 Å². The second-order valence-corrected chi connectivity index (χ2v) is 3.40. The van der Waals surface area contributed by atoms with Crippen LogP contribution < -0.4 is 0 Å². The number of hydrogen-bond acceptors (Lipinski definition) is 0. The minimum Gasteiger partial charge on any atom is -0.0843 e. The summed E-state index contributed by atoms with van der Waals surface area (Å²) in [5.41, 5.74) is 2.55. The molecule has 0 bridgehead atoms. The molecule has 0 N–H and O–H groups in total. The SMILES string of the molecule is [C]#CCc1ccc(C(C)CC)cc1. The summed E-state index contributed by atoms with van der Waals surface area (Å²) in [4.78, 5) is 0. The maximum absolute atomic E-state index is 6.86. The van der Waals surface area contributed by atoms with E-state index in [1.54, 1.807) is 0 Å². The summed E-state index contributed by atoms with van der Waals surface area (Å²) in [6.07, 6.45) is 8.67. The lowest BCUT2D eigenvalue weighted by molar-refractivity contribution is 0.733. The zero-order valence-electron chi connectivity index (χ0n) is 8.30. The topological polar surface area (TPSA) is 0 Å². The first-order valence-electron chi connectivity index (χ1n) is 4.76. The third-order valence-electron chi connectivity index (χ3n) is 2.45. The molecule has 13 heavy (non-hydrogen) atoms. The van der Waals surface area contributed by atoms with Gasteiger partial charge in [-0.25, -0.2) is 0 Å². The highest BCUT2D eigenvalue weighted by Crippen LogP contribution is 2.18. The molecule has 0 fully saturated rings. The Hall–Kier alpha value is -1.22. The molecule has 1 rings (SSSR count). The average Bonchev–Trinajstić information content (AvgIpc) is 2.18. The third-order valence-corrected chi connectivity index (χ3v) is 2.45. The van der Waals surface area contributed by atoms with E-state index in [9.17, 15) is 0 Å². The van der Waals surface area contributed by atoms with Gasteiger partial charge in [0.1, 0.15) is 0 Å². The lowest BCUT2D eigenvalue weighted by Crippen LogP contribution is -1.91. The Bertz CT molecular complexity index is 287.